The highest BCUT2D eigenvalue weighted by Gasteiger charge is 2.36. The molecule has 0 amide bonds. The molecule has 0 N–H and O–H groups in total. The van der Waals surface area contributed by atoms with E-state index in [0.29, 0.717) is 0 Å². The lowest BCUT2D eigenvalue weighted by atomic mass is 10.1. The maximum Gasteiger partial charge on any atom is 0.286 e. The molecule has 1 aliphatic heterocycles. The predicted octanol–water partition coefficient (Wildman–Crippen LogP) is 2.09. The van der Waals surface area contributed by atoms with Gasteiger partial charge in [-0.2, -0.15) is 0 Å². The van der Waals surface area contributed by atoms with E-state index < -0.39 is 8.07 Å². The second-order valence-corrected chi connectivity index (χ2v) is 10.8. The van der Waals surface area contributed by atoms with Crippen molar-refractivity contribution in [1.82, 2.24) is 4.98 Å². The van der Waals surface area contributed by atoms with Crippen molar-refractivity contribution >= 4 is 24.2 Å². The smallest absolute Gasteiger partial charge is 0.236 e. The van der Waals surface area contributed by atoms with Crippen LogP contribution in [0.5, 0.6) is 0 Å². The molecular weight excluding hydrogens is 236 g/mol. The molecule has 2 aromatic rings. The van der Waals surface area contributed by atoms with E-state index >= 15 is 0 Å². The molecule has 0 saturated carbocycles. The van der Waals surface area contributed by atoms with Gasteiger partial charge in [0.25, 0.3) is 6.33 Å². The van der Waals surface area contributed by atoms with Gasteiger partial charge in [0.1, 0.15) is 5.69 Å². The summed E-state index contributed by atoms with van der Waals surface area (Å²) in [5.41, 5.74) is 4.25. The van der Waals surface area contributed by atoms with E-state index in [4.69, 9.17) is 4.98 Å². The number of fused-ring (bicyclic) bond motifs is 3. The van der Waals surface area contributed by atoms with Gasteiger partial charge in [-0.05, 0) is 34.3 Å². The molecule has 1 aromatic carbocycles. The number of hydrogen-bond donors (Lipinski definition) is 0. The highest BCUT2D eigenvalue weighted by molar-refractivity contribution is 6.92. The highest BCUT2D eigenvalue weighted by Crippen LogP contribution is 2.27. The van der Waals surface area contributed by atoms with Gasteiger partial charge in [0.15, 0.2) is 5.52 Å². The van der Waals surface area contributed by atoms with Gasteiger partial charge in [-0.25, -0.2) is 4.57 Å². The summed E-state index contributed by atoms with van der Waals surface area (Å²) in [5.74, 6) is 0. The third kappa shape index (κ3) is 1.53. The molecule has 0 bridgehead atoms. The molecule has 0 fully saturated rings. The Kier molecular flexibility index (Phi) is 2.56. The molecule has 0 saturated heterocycles. The van der Waals surface area contributed by atoms with Gasteiger partial charge in [0.2, 0.25) is 0 Å². The Hall–Kier alpha value is -1.22. The van der Waals surface area contributed by atoms with Crippen molar-refractivity contribution in [2.24, 2.45) is 7.05 Å². The number of benzene rings is 1. The van der Waals surface area contributed by atoms with Crippen LogP contribution in [-0.4, -0.2) is 13.1 Å². The lowest BCUT2D eigenvalue weighted by Gasteiger charge is -2.16. The topological polar surface area (TPSA) is 16.8 Å². The van der Waals surface area contributed by atoms with Crippen LogP contribution in [0.2, 0.25) is 19.1 Å². The first-order chi connectivity index (χ1) is 8.54. The van der Waals surface area contributed by atoms with Crippen LogP contribution in [0.1, 0.15) is 18.2 Å². The molecular formula is C15H21N2Si+. The minimum absolute atomic E-state index is 1.07. The molecule has 0 spiro atoms. The average Bonchev–Trinajstić information content (AvgIpc) is 2.65. The highest BCUT2D eigenvalue weighted by atomic mass is 28.3. The third-order valence-corrected chi connectivity index (χ3v) is 7.80. The summed E-state index contributed by atoms with van der Waals surface area (Å²) >= 11 is 0. The van der Waals surface area contributed by atoms with E-state index in [2.05, 4.69) is 43.8 Å². The van der Waals surface area contributed by atoms with Gasteiger partial charge in [0, 0.05) is 6.42 Å². The molecule has 0 radical (unpaired) electrons. The zero-order valence-corrected chi connectivity index (χ0v) is 12.7. The van der Waals surface area contributed by atoms with Crippen molar-refractivity contribution in [2.75, 3.05) is 0 Å². The molecule has 0 aliphatic carbocycles. The molecule has 2 nitrogen and oxygen atoms in total. The van der Waals surface area contributed by atoms with Gasteiger partial charge in [-0.3, -0.25) is 0 Å². The summed E-state index contributed by atoms with van der Waals surface area (Å²) < 4.78 is 2.16. The van der Waals surface area contributed by atoms with Crippen molar-refractivity contribution in [2.45, 2.75) is 38.9 Å². The maximum atomic E-state index is 4.75. The largest absolute Gasteiger partial charge is 0.286 e. The first kappa shape index (κ1) is 11.8. The van der Waals surface area contributed by atoms with E-state index in [0.717, 1.165) is 6.42 Å². The van der Waals surface area contributed by atoms with Crippen LogP contribution >= 0.6 is 0 Å². The van der Waals surface area contributed by atoms with E-state index in [1.165, 1.54) is 29.1 Å². The quantitative estimate of drug-likeness (QED) is 0.565. The molecule has 0 atom stereocenters. The van der Waals surface area contributed by atoms with Gasteiger partial charge < -0.3 is 0 Å². The van der Waals surface area contributed by atoms with Gasteiger partial charge >= 0.3 is 0 Å². The fourth-order valence-electron chi connectivity index (χ4n) is 3.38. The van der Waals surface area contributed by atoms with Crippen molar-refractivity contribution in [3.63, 3.8) is 0 Å². The zero-order chi connectivity index (χ0) is 12.9. The minimum atomic E-state index is -1.25. The van der Waals surface area contributed by atoms with Crippen molar-refractivity contribution in [1.29, 1.82) is 0 Å². The summed E-state index contributed by atoms with van der Waals surface area (Å²) in [6.07, 6.45) is 4.31. The fourth-order valence-corrected chi connectivity index (χ4v) is 6.44. The van der Waals surface area contributed by atoms with Crippen molar-refractivity contribution < 1.29 is 4.57 Å². The maximum absolute atomic E-state index is 4.75. The van der Waals surface area contributed by atoms with Crippen LogP contribution in [0.15, 0.2) is 18.5 Å². The summed E-state index contributed by atoms with van der Waals surface area (Å²) in [6.45, 7) is 7.20. The second kappa shape index (κ2) is 3.89. The minimum Gasteiger partial charge on any atom is -0.236 e. The molecule has 1 aliphatic rings. The number of rotatable bonds is 1. The standard InChI is InChI=1S/C15H21N2Si/c1-5-13-12-7-6-11-8-9-18(3,4)15(11)14(12)16-10-17(13)2/h6-7,10H,5,8-9H2,1-4H3/q+1. The van der Waals surface area contributed by atoms with Gasteiger partial charge in [-0.1, -0.05) is 26.1 Å². The van der Waals surface area contributed by atoms with Gasteiger partial charge in [-0.15, -0.1) is 0 Å². The van der Waals surface area contributed by atoms with Crippen LogP contribution in [-0.2, 0) is 19.9 Å². The SMILES string of the molecule is CCc1c2ccc3c(c2nc[n+]1C)[Si](C)(C)CC3. The second-order valence-electron chi connectivity index (χ2n) is 6.04. The molecule has 3 rings (SSSR count). The van der Waals surface area contributed by atoms with E-state index in [-0.39, 0.29) is 0 Å². The lowest BCUT2D eigenvalue weighted by Crippen LogP contribution is -2.40. The molecule has 94 valence electrons. The van der Waals surface area contributed by atoms with E-state index in [9.17, 15) is 0 Å². The lowest BCUT2D eigenvalue weighted by molar-refractivity contribution is -0.680. The van der Waals surface area contributed by atoms with Crippen LogP contribution < -0.4 is 9.75 Å². The Morgan fingerprint density at radius 2 is 2.11 bits per heavy atom. The number of nitrogens with zero attached hydrogens (tertiary/aromatic N) is 2. The summed E-state index contributed by atoms with van der Waals surface area (Å²) in [5, 5.41) is 2.99. The number of aryl methyl sites for hydroxylation is 3. The Labute approximate surface area is 110 Å². The molecule has 2 heterocycles. The first-order valence-corrected chi connectivity index (χ1v) is 10.0. The van der Waals surface area contributed by atoms with Crippen LogP contribution in [0.25, 0.3) is 10.9 Å². The van der Waals surface area contributed by atoms with Gasteiger partial charge in [0.05, 0.1) is 20.5 Å². The Bertz CT molecular complexity index is 632. The molecule has 18 heavy (non-hydrogen) atoms. The van der Waals surface area contributed by atoms with E-state index in [1.807, 2.05) is 6.33 Å². The number of aromatic nitrogens is 2. The predicted molar refractivity (Wildman–Crippen MR) is 77.9 cm³/mol. The zero-order valence-electron chi connectivity index (χ0n) is 11.7. The Morgan fingerprint density at radius 1 is 1.33 bits per heavy atom. The summed E-state index contributed by atoms with van der Waals surface area (Å²) in [4.78, 5) is 4.75. The van der Waals surface area contributed by atoms with Crippen molar-refractivity contribution in [3.8, 4) is 0 Å². The summed E-state index contributed by atoms with van der Waals surface area (Å²) in [7, 11) is 0.848. The van der Waals surface area contributed by atoms with Crippen molar-refractivity contribution in [3.05, 3.63) is 29.7 Å². The van der Waals surface area contributed by atoms with E-state index in [1.54, 1.807) is 10.8 Å². The first-order valence-electron chi connectivity index (χ1n) is 6.84. The van der Waals surface area contributed by atoms with Crippen LogP contribution in [0.3, 0.4) is 0 Å². The Morgan fingerprint density at radius 3 is 2.83 bits per heavy atom. The molecule has 0 unspecified atom stereocenters. The average molecular weight is 257 g/mol. The molecule has 1 aromatic heterocycles. The number of hydrogen-bond acceptors (Lipinski definition) is 1. The van der Waals surface area contributed by atoms with Crippen LogP contribution in [0.4, 0.5) is 0 Å². The Balaban J connectivity index is 2.42. The summed E-state index contributed by atoms with van der Waals surface area (Å²) in [6, 6.07) is 6.02. The van der Waals surface area contributed by atoms with Crippen LogP contribution in [0, 0.1) is 0 Å². The normalized spacial score (nSPS) is 17.1. The fraction of sp³-hybridized carbons (Fsp3) is 0.467. The third-order valence-electron chi connectivity index (χ3n) is 4.39. The monoisotopic (exact) mass is 257 g/mol. The molecule has 3 heteroatoms.